The van der Waals surface area contributed by atoms with Gasteiger partial charge in [-0.3, -0.25) is 4.79 Å². The zero-order valence-electron chi connectivity index (χ0n) is 20.5. The summed E-state index contributed by atoms with van der Waals surface area (Å²) in [5.41, 5.74) is -1.53. The Kier molecular flexibility index (Phi) is 6.83. The molecule has 3 aromatic heterocycles. The lowest BCUT2D eigenvalue weighted by atomic mass is 9.89. The van der Waals surface area contributed by atoms with E-state index in [0.29, 0.717) is 18.5 Å². The number of hydrogen-bond acceptors (Lipinski definition) is 7. The minimum atomic E-state index is -4.17. The lowest BCUT2D eigenvalue weighted by Gasteiger charge is -2.29. The number of fused-ring (bicyclic) bond motifs is 1. The minimum Gasteiger partial charge on any atom is -0.480 e. The van der Waals surface area contributed by atoms with Crippen LogP contribution >= 0.6 is 0 Å². The zero-order valence-corrected chi connectivity index (χ0v) is 21.4. The molecule has 4 rings (SSSR count). The molecule has 3 heterocycles. The number of carbonyl (C=O) groups excluding carboxylic acids is 1. The summed E-state index contributed by atoms with van der Waals surface area (Å²) in [5, 5.41) is 12.6. The Morgan fingerprint density at radius 1 is 1.06 bits per heavy atom. The highest BCUT2D eigenvalue weighted by Crippen LogP contribution is 2.39. The van der Waals surface area contributed by atoms with Gasteiger partial charge in [-0.1, -0.05) is 18.2 Å². The van der Waals surface area contributed by atoms with E-state index in [0.717, 1.165) is 3.97 Å². The summed E-state index contributed by atoms with van der Waals surface area (Å²) >= 11 is 0. The van der Waals surface area contributed by atoms with Crippen molar-refractivity contribution in [3.8, 4) is 5.88 Å². The van der Waals surface area contributed by atoms with Gasteiger partial charge >= 0.3 is 0 Å². The number of methoxy groups -OCH3 is 1. The first-order valence-electron chi connectivity index (χ1n) is 11.5. The van der Waals surface area contributed by atoms with E-state index < -0.39 is 15.6 Å². The zero-order chi connectivity index (χ0) is 26.1. The predicted molar refractivity (Wildman–Crippen MR) is 135 cm³/mol. The van der Waals surface area contributed by atoms with E-state index in [2.05, 4.69) is 9.97 Å². The molecule has 188 valence electrons. The van der Waals surface area contributed by atoms with Gasteiger partial charge < -0.3 is 14.7 Å². The number of aliphatic hydroxyl groups is 1. The fraction of sp³-hybridized carbons (Fsp3) is 0.269. The highest BCUT2D eigenvalue weighted by Gasteiger charge is 2.39. The van der Waals surface area contributed by atoms with Crippen LogP contribution in [0.4, 0.5) is 0 Å². The molecule has 1 atom stereocenters. The van der Waals surface area contributed by atoms with Crippen LogP contribution in [0.3, 0.4) is 0 Å². The van der Waals surface area contributed by atoms with Crippen LogP contribution in [0, 0.1) is 0 Å². The number of carbonyl (C=O) groups is 1. The van der Waals surface area contributed by atoms with Crippen LogP contribution in [-0.4, -0.2) is 58.5 Å². The van der Waals surface area contributed by atoms with Crippen LogP contribution in [0.5, 0.6) is 5.88 Å². The summed E-state index contributed by atoms with van der Waals surface area (Å²) in [6.07, 6.45) is 2.90. The maximum Gasteiger partial charge on any atom is 0.269 e. The molecular weight excluding hydrogens is 480 g/mol. The highest BCUT2D eigenvalue weighted by atomic mass is 32.2. The van der Waals surface area contributed by atoms with Gasteiger partial charge in [0.25, 0.3) is 15.9 Å². The van der Waals surface area contributed by atoms with Gasteiger partial charge in [0, 0.05) is 36.4 Å². The number of hydrogen-bond donors (Lipinski definition) is 1. The lowest BCUT2D eigenvalue weighted by Crippen LogP contribution is -2.36. The van der Waals surface area contributed by atoms with Gasteiger partial charge in [-0.05, 0) is 57.2 Å². The van der Waals surface area contributed by atoms with Crippen LogP contribution in [0.25, 0.3) is 11.0 Å². The van der Waals surface area contributed by atoms with E-state index in [1.165, 1.54) is 44.6 Å². The average molecular weight is 509 g/mol. The number of aromatic nitrogens is 3. The Hall–Kier alpha value is -3.76. The molecule has 0 fully saturated rings. The molecule has 0 spiro atoms. The predicted octanol–water partition coefficient (Wildman–Crippen LogP) is 3.41. The SMILES string of the molecule is CCN(CC)C(=O)c1c(C(C)(O)c2cc3cccnc3n2S(=O)(=O)c2ccccc2)ccnc1OC. The molecule has 0 bridgehead atoms. The topological polar surface area (TPSA) is 115 Å². The van der Waals surface area contributed by atoms with Crippen LogP contribution < -0.4 is 4.74 Å². The molecule has 4 aromatic rings. The van der Waals surface area contributed by atoms with E-state index in [1.54, 1.807) is 41.3 Å². The Balaban J connectivity index is 2.04. The largest absolute Gasteiger partial charge is 0.480 e. The fourth-order valence-electron chi connectivity index (χ4n) is 4.31. The number of ether oxygens (including phenoxy) is 1. The van der Waals surface area contributed by atoms with Gasteiger partial charge in [0.1, 0.15) is 11.2 Å². The molecule has 0 aliphatic heterocycles. The fourth-order valence-corrected chi connectivity index (χ4v) is 5.89. The second-order valence-corrected chi connectivity index (χ2v) is 10.1. The van der Waals surface area contributed by atoms with Crippen LogP contribution in [-0.2, 0) is 15.6 Å². The molecule has 0 saturated carbocycles. The first kappa shape index (κ1) is 25.3. The number of benzene rings is 1. The van der Waals surface area contributed by atoms with Crippen LogP contribution in [0.1, 0.15) is 42.4 Å². The molecule has 0 radical (unpaired) electrons. The van der Waals surface area contributed by atoms with Crippen LogP contribution in [0.2, 0.25) is 0 Å². The first-order valence-corrected chi connectivity index (χ1v) is 12.9. The van der Waals surface area contributed by atoms with Crippen molar-refractivity contribution in [2.45, 2.75) is 31.3 Å². The van der Waals surface area contributed by atoms with Gasteiger partial charge in [0.05, 0.1) is 17.7 Å². The second kappa shape index (κ2) is 9.71. The van der Waals surface area contributed by atoms with E-state index >= 15 is 0 Å². The van der Waals surface area contributed by atoms with Crippen molar-refractivity contribution >= 4 is 27.0 Å². The Labute approximate surface area is 210 Å². The third kappa shape index (κ3) is 4.12. The Morgan fingerprint density at radius 2 is 1.75 bits per heavy atom. The van der Waals surface area contributed by atoms with Crippen molar-refractivity contribution < 1.29 is 23.1 Å². The molecule has 10 heteroatoms. The number of amides is 1. The van der Waals surface area contributed by atoms with Gasteiger partial charge in [0.2, 0.25) is 5.88 Å². The van der Waals surface area contributed by atoms with E-state index in [4.69, 9.17) is 4.74 Å². The first-order chi connectivity index (χ1) is 17.2. The van der Waals surface area contributed by atoms with Crippen molar-refractivity contribution in [3.63, 3.8) is 0 Å². The molecule has 1 amide bonds. The molecule has 36 heavy (non-hydrogen) atoms. The third-order valence-corrected chi connectivity index (χ3v) is 7.92. The normalized spacial score (nSPS) is 13.4. The molecule has 1 aromatic carbocycles. The number of rotatable bonds is 8. The molecule has 0 aliphatic rings. The van der Waals surface area contributed by atoms with Crippen molar-refractivity contribution in [2.75, 3.05) is 20.2 Å². The standard InChI is InChI=1S/C26H28N4O5S/c1-5-29(6-2)25(31)22-20(14-16-28-24(22)35-4)26(3,32)21-17-18-11-10-15-27-23(18)30(21)36(33,34)19-12-8-7-9-13-19/h7-17,32H,5-6H2,1-4H3. The van der Waals surface area contributed by atoms with Crippen molar-refractivity contribution in [1.82, 2.24) is 18.8 Å². The van der Waals surface area contributed by atoms with Crippen molar-refractivity contribution in [2.24, 2.45) is 0 Å². The summed E-state index contributed by atoms with van der Waals surface area (Å²) in [4.78, 5) is 23.6. The molecule has 9 nitrogen and oxygen atoms in total. The smallest absolute Gasteiger partial charge is 0.269 e. The van der Waals surface area contributed by atoms with Gasteiger partial charge in [0.15, 0.2) is 5.65 Å². The summed E-state index contributed by atoms with van der Waals surface area (Å²) in [6, 6.07) is 14.4. The van der Waals surface area contributed by atoms with Gasteiger partial charge in [-0.25, -0.2) is 22.4 Å². The minimum absolute atomic E-state index is 0.0295. The van der Waals surface area contributed by atoms with Gasteiger partial charge in [-0.15, -0.1) is 0 Å². The Morgan fingerprint density at radius 3 is 2.39 bits per heavy atom. The lowest BCUT2D eigenvalue weighted by molar-refractivity contribution is 0.0728. The molecule has 0 aliphatic carbocycles. The third-order valence-electron chi connectivity index (χ3n) is 6.20. The highest BCUT2D eigenvalue weighted by molar-refractivity contribution is 7.90. The maximum absolute atomic E-state index is 13.9. The van der Waals surface area contributed by atoms with E-state index in [1.807, 2.05) is 13.8 Å². The van der Waals surface area contributed by atoms with Crippen molar-refractivity contribution in [1.29, 1.82) is 0 Å². The quantitative estimate of drug-likeness (QED) is 0.388. The monoisotopic (exact) mass is 508 g/mol. The van der Waals surface area contributed by atoms with E-state index in [-0.39, 0.29) is 39.2 Å². The molecule has 0 saturated heterocycles. The van der Waals surface area contributed by atoms with Crippen molar-refractivity contribution in [3.05, 3.63) is 83.8 Å². The van der Waals surface area contributed by atoms with Gasteiger partial charge in [-0.2, -0.15) is 0 Å². The summed E-state index contributed by atoms with van der Waals surface area (Å²) in [5.74, 6) is -0.344. The summed E-state index contributed by atoms with van der Waals surface area (Å²) < 4.78 is 34.1. The molecule has 1 unspecified atom stereocenters. The average Bonchev–Trinajstić information content (AvgIpc) is 3.31. The number of nitrogens with zero attached hydrogens (tertiary/aromatic N) is 4. The maximum atomic E-state index is 13.9. The molecule has 1 N–H and O–H groups in total. The van der Waals surface area contributed by atoms with Crippen LogP contribution in [0.15, 0.2) is 71.9 Å². The number of pyridine rings is 2. The Bertz CT molecular complexity index is 1510. The van der Waals surface area contributed by atoms with E-state index in [9.17, 15) is 18.3 Å². The molecular formula is C26H28N4O5S. The summed E-state index contributed by atoms with van der Waals surface area (Å²) in [7, 11) is -2.78. The second-order valence-electron chi connectivity index (χ2n) is 8.32. The summed E-state index contributed by atoms with van der Waals surface area (Å²) in [6.45, 7) is 6.01.